The molecule has 44 heteroatoms. The van der Waals surface area contributed by atoms with Crippen LogP contribution >= 0.6 is 57.3 Å². The number of hydrogen-bond donors (Lipinski definition) is 4. The van der Waals surface area contributed by atoms with E-state index in [1.807, 2.05) is 52.7 Å². The van der Waals surface area contributed by atoms with Crippen LogP contribution in [-0.2, 0) is 4.79 Å². The average Bonchev–Trinajstić information content (AvgIpc) is 4.50. The molecule has 0 bridgehead atoms. The van der Waals surface area contributed by atoms with Crippen molar-refractivity contribution in [2.45, 2.75) is 25.7 Å². The molecule has 6 aliphatic rings. The highest BCUT2D eigenvalue weighted by Gasteiger charge is 2.05. The summed E-state index contributed by atoms with van der Waals surface area (Å²) in [6, 6.07) is 3.63. The number of carbonyl (C=O) groups excluding carboxylic acids is 1. The Balaban J connectivity index is 0.000000493. The summed E-state index contributed by atoms with van der Waals surface area (Å²) in [7, 11) is 0. The maximum atomic E-state index is 10.1. The fourth-order valence-electron chi connectivity index (χ4n) is 3.79. The van der Waals surface area contributed by atoms with Gasteiger partial charge in [-0.25, -0.2) is 39.0 Å². The van der Waals surface area contributed by atoms with Gasteiger partial charge in [0, 0.05) is 103 Å². The van der Waals surface area contributed by atoms with Crippen molar-refractivity contribution in [3.63, 3.8) is 0 Å². The quantitative estimate of drug-likeness (QED) is 0.119. The second-order valence-corrected chi connectivity index (χ2v) is 17.1. The van der Waals surface area contributed by atoms with Gasteiger partial charge in [-0.2, -0.15) is 29.9 Å². The molecule has 12 aromatic heterocycles. The molecule has 0 unspecified atom stereocenters. The highest BCUT2D eigenvalue weighted by molar-refractivity contribution is 7.07. The number of H-pyrrole nitrogens is 3. The van der Waals surface area contributed by atoms with Crippen LogP contribution in [0.4, 0.5) is 0 Å². The number of oxazole rings is 1. The molecule has 0 saturated carbocycles. The van der Waals surface area contributed by atoms with Crippen molar-refractivity contribution in [2.24, 2.45) is 40.4 Å². The molecule has 1 saturated heterocycles. The van der Waals surface area contributed by atoms with Crippen LogP contribution in [0.25, 0.3) is 0 Å². The number of thiazole rings is 1. The van der Waals surface area contributed by atoms with Crippen LogP contribution in [-0.4, -0.2) is 174 Å². The van der Waals surface area contributed by atoms with Gasteiger partial charge >= 0.3 is 11.4 Å². The first-order valence-electron chi connectivity index (χ1n) is 25.4. The van der Waals surface area contributed by atoms with Crippen LogP contribution in [0.3, 0.4) is 0 Å². The predicted molar refractivity (Wildman–Crippen MR) is 345 cm³/mol. The average molecular weight is 1370 g/mol. The van der Waals surface area contributed by atoms with E-state index in [1.54, 1.807) is 114 Å². The molecule has 4 N–H and O–H groups in total. The van der Waals surface area contributed by atoms with Crippen molar-refractivity contribution in [3.05, 3.63) is 215 Å². The summed E-state index contributed by atoms with van der Waals surface area (Å²) in [5.74, 6) is -0.315. The first kappa shape index (κ1) is 79.0. The minimum Gasteiger partial charge on any atom is -0.452 e. The van der Waals surface area contributed by atoms with Gasteiger partial charge in [-0.1, -0.05) is 32.1 Å². The number of rotatable bonds is 0. The van der Waals surface area contributed by atoms with E-state index in [0.717, 1.165) is 51.9 Å². The summed E-state index contributed by atoms with van der Waals surface area (Å²) in [4.78, 5) is 63.7. The Hall–Kier alpha value is -12.0. The summed E-state index contributed by atoms with van der Waals surface area (Å²) in [6.07, 6.45) is 50.4. The zero-order valence-electron chi connectivity index (χ0n) is 48.4. The third-order valence-corrected chi connectivity index (χ3v) is 9.52. The Bertz CT molecular complexity index is 2690. The maximum absolute atomic E-state index is 10.1. The molecule has 1 amide bonds. The largest absolute Gasteiger partial charge is 0.452 e. The molecule has 93 heavy (non-hydrogen) atoms. The fraction of sp³-hybridized carbons (Fsp3) is 0.163. The lowest BCUT2D eigenvalue weighted by atomic mass is 10.4. The van der Waals surface area contributed by atoms with Crippen molar-refractivity contribution < 1.29 is 31.7 Å². The normalized spacial score (nSPS) is 11.5. The van der Waals surface area contributed by atoms with E-state index in [-0.39, 0.29) is 11.6 Å². The smallest absolute Gasteiger partial charge is 0.438 e. The Labute approximate surface area is 546 Å². The number of carbonyl (C=O) groups is 1. The van der Waals surface area contributed by atoms with E-state index < -0.39 is 5.76 Å². The summed E-state index contributed by atoms with van der Waals surface area (Å²) >= 11 is 7.26. The van der Waals surface area contributed by atoms with Gasteiger partial charge in [-0.3, -0.25) is 39.2 Å². The van der Waals surface area contributed by atoms with Crippen LogP contribution in [0.15, 0.2) is 271 Å². The number of azo groups is 1. The van der Waals surface area contributed by atoms with Crippen LogP contribution in [0.1, 0.15) is 25.7 Å². The Morgan fingerprint density at radius 1 is 0.548 bits per heavy atom. The number of allylic oxidation sites excluding steroid dienone is 2. The lowest BCUT2D eigenvalue weighted by molar-refractivity contribution is -0.119. The van der Waals surface area contributed by atoms with Gasteiger partial charge in [0.1, 0.15) is 60.6 Å². The van der Waals surface area contributed by atoms with E-state index in [2.05, 4.69) is 177 Å². The molecule has 0 aromatic carbocycles. The predicted octanol–water partition coefficient (Wildman–Crippen LogP) is 6.93. The molecule has 0 spiro atoms. The number of amides is 1. The molecule has 1 fully saturated rings. The summed E-state index contributed by atoms with van der Waals surface area (Å²) in [5, 5.41) is 61.2. The zero-order chi connectivity index (χ0) is 66.3. The highest BCUT2D eigenvalue weighted by atomic mass is 32.1. The summed E-state index contributed by atoms with van der Waals surface area (Å²) in [6.45, 7) is 3.33. The van der Waals surface area contributed by atoms with Crippen molar-refractivity contribution in [1.82, 2.24) is 110 Å². The van der Waals surface area contributed by atoms with Gasteiger partial charge in [0.25, 0.3) is 0 Å². The second-order valence-electron chi connectivity index (χ2n) is 13.6. The molecule has 39 nitrogen and oxygen atoms in total. The van der Waals surface area contributed by atoms with Gasteiger partial charge in [-0.05, 0) is 65.3 Å². The topological polar surface area (TPSA) is 520 Å². The van der Waals surface area contributed by atoms with Crippen LogP contribution in [0, 0.1) is 0 Å². The highest BCUT2D eigenvalue weighted by Crippen LogP contribution is 1.93. The van der Waals surface area contributed by atoms with Crippen molar-refractivity contribution in [3.8, 4) is 0 Å². The van der Waals surface area contributed by atoms with Crippen LogP contribution < -0.4 is 16.8 Å². The Morgan fingerprint density at radius 2 is 1.45 bits per heavy atom. The minimum absolute atomic E-state index is 0.204. The Kier molecular flexibility index (Phi) is 60.1. The second kappa shape index (κ2) is 70.7. The molecule has 18 rings (SSSR count). The molecule has 0 radical (unpaired) electrons. The lowest BCUT2D eigenvalue weighted by Gasteiger charge is -1.80. The molecule has 488 valence electrons. The molecule has 6 aliphatic heterocycles. The van der Waals surface area contributed by atoms with E-state index in [0.29, 0.717) is 0 Å². The van der Waals surface area contributed by atoms with Crippen molar-refractivity contribution in [1.29, 1.82) is 0 Å². The van der Waals surface area contributed by atoms with Crippen molar-refractivity contribution in [2.75, 3.05) is 26.2 Å². The van der Waals surface area contributed by atoms with Crippen molar-refractivity contribution >= 4 is 101 Å². The van der Waals surface area contributed by atoms with Gasteiger partial charge in [0.2, 0.25) is 25.1 Å². The number of aromatic nitrogens is 21. The van der Waals surface area contributed by atoms with Crippen LogP contribution in [0.5, 0.6) is 0 Å². The van der Waals surface area contributed by atoms with E-state index >= 15 is 0 Å². The fourth-order valence-corrected chi connectivity index (χ4v) is 5.31. The number of nitrogens with zero attached hydrogens (tertiary/aromatic N) is 26. The van der Waals surface area contributed by atoms with Crippen LogP contribution in [0.2, 0.25) is 0 Å². The summed E-state index contributed by atoms with van der Waals surface area (Å²) < 4.78 is 36.5. The Morgan fingerprint density at radius 3 is 1.65 bits per heavy atom. The molecular formula is C49H58N30O9S5. The monoisotopic (exact) mass is 1370 g/mol. The molecular weight excluding hydrogens is 1310 g/mol. The SMILES string of the molecule is C1=CCN=C1.C1=CN=CC1.C1=CN=NC1.C1=NC=NC1.C1=NN=CC1.O=C1CCCN1.O=c1[nH]cn[nH]1.O=c1[nH]cno1.c1cnoc1.c1cnsc1.c1cocn1.c1conn1.c1cscn1.c1csnn1.c1ncon1.c1ncsn1.c1nnco1.c1nncs1. The minimum atomic E-state index is -0.519. The van der Waals surface area contributed by atoms with Gasteiger partial charge in [0.15, 0.2) is 12.7 Å². The number of aliphatic imine (C=N–C) groups is 4. The third-order valence-electron chi connectivity index (χ3n) is 7.18. The number of nitrogens with one attached hydrogen (secondary N) is 4. The van der Waals surface area contributed by atoms with Gasteiger partial charge < -0.3 is 27.7 Å². The number of aromatic amines is 3. The zero-order valence-corrected chi connectivity index (χ0v) is 52.5. The standard InChI is InChI=1S/C4H7NO.2C4H5N.3C3H4N2.2C3H3NO.2C3H3NS.C2H3N3O.C2H2N2O2.3C2H2N2O.3C2H2N2S/c6-4-2-1-3-5-4;2*1-2-4-5-3-1;1-2-5-3-4-1;2*1-2-4-5-3-1;1-2-5-3-4-1;1-2-4-5-3-1;1-2-5-3-4-1;1-2-4-5-3-1;6-2-3-1-4-5-2;5-2-3-1-4-6-2;1-3-4-2-5-1;1-3-2-5-4-1;1-2-5-4-3-1;1-3-4-2-5-1;1-3-2-5-4-1;1-2-5-4-3-1/h1-3H2,(H,5,6);1,3-4H,2H2;1-3H,4H2;1,3H,2H2;2-3H,1H2;1-2H,3H2;4*1-3H;1H,(H2,3,4,5,6);1H,(H,3,4,5);6*1-2H. The lowest BCUT2D eigenvalue weighted by Crippen LogP contribution is -2.12. The van der Waals surface area contributed by atoms with Gasteiger partial charge in [-0.15, -0.1) is 53.3 Å². The molecule has 0 aliphatic carbocycles. The molecule has 0 atom stereocenters. The molecule has 18 heterocycles. The van der Waals surface area contributed by atoms with E-state index in [4.69, 9.17) is 0 Å². The maximum Gasteiger partial charge on any atom is 0.438 e. The number of hydrogen-bond acceptors (Lipinski definition) is 40. The van der Waals surface area contributed by atoms with Gasteiger partial charge in [0.05, 0.1) is 49.9 Å². The first-order valence-corrected chi connectivity index (χ1v) is 29.8. The molecule has 12 aromatic rings. The summed E-state index contributed by atoms with van der Waals surface area (Å²) in [5.41, 5.74) is 6.56. The first-order chi connectivity index (χ1) is 46.2. The van der Waals surface area contributed by atoms with E-state index in [9.17, 15) is 14.4 Å². The third kappa shape index (κ3) is 68.9. The van der Waals surface area contributed by atoms with E-state index in [1.165, 1.54) is 122 Å².